The molecule has 3 rings (SSSR count). The molecule has 1 aliphatic heterocycles. The van der Waals surface area contributed by atoms with Gasteiger partial charge in [0.2, 0.25) is 11.8 Å². The molecule has 29 heavy (non-hydrogen) atoms. The van der Waals surface area contributed by atoms with Crippen molar-refractivity contribution in [1.82, 2.24) is 4.90 Å². The molecule has 2 unspecified atom stereocenters. The summed E-state index contributed by atoms with van der Waals surface area (Å²) in [5, 5.41) is 11.0. The van der Waals surface area contributed by atoms with E-state index in [1.807, 2.05) is 19.1 Å². The number of ether oxygens (including phenoxy) is 1. The van der Waals surface area contributed by atoms with Crippen LogP contribution in [0.3, 0.4) is 0 Å². The number of nitrogens with zero attached hydrogens (tertiary/aromatic N) is 3. The normalized spacial score (nSPS) is 17.1. The number of para-hydroxylation sites is 2. The summed E-state index contributed by atoms with van der Waals surface area (Å²) < 4.78 is 5.33. The maximum atomic E-state index is 13.0. The Morgan fingerprint density at radius 2 is 2.00 bits per heavy atom. The molecule has 2 aromatic carbocycles. The minimum absolute atomic E-state index is 0.0198. The summed E-state index contributed by atoms with van der Waals surface area (Å²) >= 11 is 0. The molecule has 0 radical (unpaired) electrons. The zero-order valence-electron chi connectivity index (χ0n) is 16.6. The quantitative estimate of drug-likeness (QED) is 0.551. The van der Waals surface area contributed by atoms with Crippen molar-refractivity contribution in [3.8, 4) is 5.75 Å². The Kier molecular flexibility index (Phi) is 5.81. The smallest absolute Gasteiger partial charge is 0.269 e. The van der Waals surface area contributed by atoms with Crippen LogP contribution in [0.1, 0.15) is 24.9 Å². The lowest BCUT2D eigenvalue weighted by molar-refractivity contribution is -0.384. The fourth-order valence-corrected chi connectivity index (χ4v) is 3.56. The SMILES string of the molecule is COc1ccccc1N1CC(C(=O)N(C)C(C)c2cccc([N+](=O)[O-])c2)CC1=O. The van der Waals surface area contributed by atoms with Crippen LogP contribution in [0.4, 0.5) is 11.4 Å². The Labute approximate surface area is 168 Å². The van der Waals surface area contributed by atoms with Crippen molar-refractivity contribution in [3.63, 3.8) is 0 Å². The van der Waals surface area contributed by atoms with Gasteiger partial charge in [0.15, 0.2) is 0 Å². The van der Waals surface area contributed by atoms with Gasteiger partial charge in [-0.2, -0.15) is 0 Å². The van der Waals surface area contributed by atoms with E-state index in [0.717, 1.165) is 0 Å². The van der Waals surface area contributed by atoms with Gasteiger partial charge in [-0.1, -0.05) is 24.3 Å². The molecule has 1 heterocycles. The van der Waals surface area contributed by atoms with E-state index < -0.39 is 10.8 Å². The molecule has 2 aromatic rings. The predicted molar refractivity (Wildman–Crippen MR) is 108 cm³/mol. The number of anilines is 1. The van der Waals surface area contributed by atoms with E-state index in [4.69, 9.17) is 4.74 Å². The lowest BCUT2D eigenvalue weighted by Crippen LogP contribution is -2.36. The summed E-state index contributed by atoms with van der Waals surface area (Å²) in [7, 11) is 3.19. The number of non-ortho nitro benzene ring substituents is 1. The molecule has 0 aliphatic carbocycles. The number of nitro groups is 1. The second kappa shape index (κ2) is 8.30. The van der Waals surface area contributed by atoms with Gasteiger partial charge in [0, 0.05) is 32.1 Å². The Hall–Kier alpha value is -3.42. The largest absolute Gasteiger partial charge is 0.495 e. The van der Waals surface area contributed by atoms with E-state index in [-0.39, 0.29) is 36.5 Å². The fourth-order valence-electron chi connectivity index (χ4n) is 3.56. The van der Waals surface area contributed by atoms with Crippen LogP contribution in [0.5, 0.6) is 5.75 Å². The lowest BCUT2D eigenvalue weighted by atomic mass is 10.0. The van der Waals surface area contributed by atoms with E-state index in [2.05, 4.69) is 0 Å². The summed E-state index contributed by atoms with van der Waals surface area (Å²) in [4.78, 5) is 39.3. The highest BCUT2D eigenvalue weighted by atomic mass is 16.6. The molecule has 1 fully saturated rings. The minimum Gasteiger partial charge on any atom is -0.495 e. The maximum absolute atomic E-state index is 13.0. The summed E-state index contributed by atoms with van der Waals surface area (Å²) in [5.41, 5.74) is 1.29. The molecular formula is C21H23N3O5. The molecule has 0 spiro atoms. The Balaban J connectivity index is 1.76. The van der Waals surface area contributed by atoms with Gasteiger partial charge in [0.25, 0.3) is 5.69 Å². The topological polar surface area (TPSA) is 93.0 Å². The molecule has 0 saturated carbocycles. The third-order valence-electron chi connectivity index (χ3n) is 5.34. The first-order chi connectivity index (χ1) is 13.8. The minimum atomic E-state index is -0.487. The molecule has 1 aliphatic rings. The van der Waals surface area contributed by atoms with Gasteiger partial charge in [0.05, 0.1) is 29.7 Å². The molecule has 0 N–H and O–H groups in total. The number of carbonyl (C=O) groups excluding carboxylic acids is 2. The number of methoxy groups -OCH3 is 1. The van der Waals surface area contributed by atoms with Gasteiger partial charge in [-0.3, -0.25) is 19.7 Å². The van der Waals surface area contributed by atoms with Crippen molar-refractivity contribution in [2.75, 3.05) is 25.6 Å². The molecular weight excluding hydrogens is 374 g/mol. The van der Waals surface area contributed by atoms with Gasteiger partial charge in [0.1, 0.15) is 5.75 Å². The highest BCUT2D eigenvalue weighted by molar-refractivity contribution is 6.01. The average molecular weight is 397 g/mol. The molecule has 1 saturated heterocycles. The van der Waals surface area contributed by atoms with Gasteiger partial charge in [-0.15, -0.1) is 0 Å². The van der Waals surface area contributed by atoms with Crippen LogP contribution in [0, 0.1) is 16.0 Å². The van der Waals surface area contributed by atoms with Crippen LogP contribution in [0.2, 0.25) is 0 Å². The number of hydrogen-bond acceptors (Lipinski definition) is 5. The first kappa shape index (κ1) is 20.3. The van der Waals surface area contributed by atoms with E-state index in [1.165, 1.54) is 19.2 Å². The standard InChI is InChI=1S/C21H23N3O5/c1-14(15-7-6-8-17(11-15)24(27)28)22(2)21(26)16-12-20(25)23(13-16)18-9-4-5-10-19(18)29-3/h4-11,14,16H,12-13H2,1-3H3. The van der Waals surface area contributed by atoms with E-state index in [1.54, 1.807) is 41.1 Å². The van der Waals surface area contributed by atoms with E-state index in [0.29, 0.717) is 17.0 Å². The van der Waals surface area contributed by atoms with Gasteiger partial charge in [-0.25, -0.2) is 0 Å². The van der Waals surface area contributed by atoms with Crippen molar-refractivity contribution in [3.05, 3.63) is 64.2 Å². The molecule has 0 bridgehead atoms. The van der Waals surface area contributed by atoms with Crippen LogP contribution < -0.4 is 9.64 Å². The monoisotopic (exact) mass is 397 g/mol. The van der Waals surface area contributed by atoms with Crippen LogP contribution >= 0.6 is 0 Å². The lowest BCUT2D eigenvalue weighted by Gasteiger charge is -2.28. The van der Waals surface area contributed by atoms with Crippen LogP contribution in [0.25, 0.3) is 0 Å². The predicted octanol–water partition coefficient (Wildman–Crippen LogP) is 3.18. The summed E-state index contributed by atoms with van der Waals surface area (Å²) in [6.07, 6.45) is 0.114. The fraction of sp³-hybridized carbons (Fsp3) is 0.333. The number of amides is 2. The molecule has 8 nitrogen and oxygen atoms in total. The second-order valence-corrected chi connectivity index (χ2v) is 7.05. The molecule has 2 amide bonds. The highest BCUT2D eigenvalue weighted by Gasteiger charge is 2.38. The van der Waals surface area contributed by atoms with Crippen LogP contribution in [0.15, 0.2) is 48.5 Å². The van der Waals surface area contributed by atoms with Gasteiger partial charge in [-0.05, 0) is 24.6 Å². The highest BCUT2D eigenvalue weighted by Crippen LogP contribution is 2.34. The molecule has 0 aromatic heterocycles. The van der Waals surface area contributed by atoms with Crippen molar-refractivity contribution in [2.24, 2.45) is 5.92 Å². The summed E-state index contributed by atoms with van der Waals surface area (Å²) in [6.45, 7) is 2.08. The second-order valence-electron chi connectivity index (χ2n) is 7.05. The van der Waals surface area contributed by atoms with E-state index in [9.17, 15) is 19.7 Å². The Morgan fingerprint density at radius 1 is 1.28 bits per heavy atom. The van der Waals surface area contributed by atoms with Crippen molar-refractivity contribution < 1.29 is 19.2 Å². The average Bonchev–Trinajstić information content (AvgIpc) is 3.13. The third-order valence-corrected chi connectivity index (χ3v) is 5.34. The number of rotatable bonds is 6. The van der Waals surface area contributed by atoms with Crippen molar-refractivity contribution in [2.45, 2.75) is 19.4 Å². The molecule has 2 atom stereocenters. The van der Waals surface area contributed by atoms with Crippen LogP contribution in [-0.4, -0.2) is 42.3 Å². The number of nitro benzene ring substituents is 1. The van der Waals surface area contributed by atoms with Gasteiger partial charge < -0.3 is 14.5 Å². The van der Waals surface area contributed by atoms with Crippen LogP contribution in [-0.2, 0) is 9.59 Å². The van der Waals surface area contributed by atoms with Crippen molar-refractivity contribution >= 4 is 23.2 Å². The zero-order chi connectivity index (χ0) is 21.1. The summed E-state index contributed by atoms with van der Waals surface area (Å²) in [6, 6.07) is 13.1. The summed E-state index contributed by atoms with van der Waals surface area (Å²) in [5.74, 6) is -0.218. The number of hydrogen-bond donors (Lipinski definition) is 0. The first-order valence-corrected chi connectivity index (χ1v) is 9.28. The first-order valence-electron chi connectivity index (χ1n) is 9.28. The molecule has 8 heteroatoms. The number of benzene rings is 2. The van der Waals surface area contributed by atoms with Crippen molar-refractivity contribution in [1.29, 1.82) is 0 Å². The Morgan fingerprint density at radius 3 is 2.69 bits per heavy atom. The zero-order valence-corrected chi connectivity index (χ0v) is 16.6. The maximum Gasteiger partial charge on any atom is 0.269 e. The van der Waals surface area contributed by atoms with Gasteiger partial charge >= 0.3 is 0 Å². The van der Waals surface area contributed by atoms with E-state index >= 15 is 0 Å². The number of carbonyl (C=O) groups is 2. The third kappa shape index (κ3) is 4.06. The molecule has 152 valence electrons. The Bertz CT molecular complexity index is 945.